The molecule has 0 bridgehead atoms. The van der Waals surface area contributed by atoms with E-state index in [1.54, 1.807) is 0 Å². The Balaban J connectivity index is 0.000000362. The van der Waals surface area contributed by atoms with Crippen LogP contribution >= 0.6 is 0 Å². The number of likely N-dealkylation sites (tertiary alicyclic amines) is 1. The van der Waals surface area contributed by atoms with Gasteiger partial charge in [0.15, 0.2) is 0 Å². The highest BCUT2D eigenvalue weighted by molar-refractivity contribution is 5.73. The zero-order valence-electron chi connectivity index (χ0n) is 18.8. The van der Waals surface area contributed by atoms with Gasteiger partial charge < -0.3 is 19.8 Å². The van der Waals surface area contributed by atoms with Crippen molar-refractivity contribution in [2.75, 3.05) is 27.2 Å². The molecule has 0 saturated carbocycles. The predicted octanol–water partition coefficient (Wildman–Crippen LogP) is 3.12. The van der Waals surface area contributed by atoms with Crippen molar-refractivity contribution < 1.29 is 50.9 Å². The van der Waals surface area contributed by atoms with E-state index in [1.807, 2.05) is 18.2 Å². The lowest BCUT2D eigenvalue weighted by Gasteiger charge is -2.33. The minimum Gasteiger partial charge on any atom is -0.475 e. The summed E-state index contributed by atoms with van der Waals surface area (Å²) in [4.78, 5) is 22.6. The fourth-order valence-corrected chi connectivity index (χ4v) is 3.64. The van der Waals surface area contributed by atoms with Gasteiger partial charge in [-0.15, -0.1) is 0 Å². The van der Waals surface area contributed by atoms with Gasteiger partial charge in [0.25, 0.3) is 0 Å². The Morgan fingerprint density at radius 1 is 1.14 bits per heavy atom. The average molecular weight is 513 g/mol. The minimum absolute atomic E-state index is 0.327. The van der Waals surface area contributed by atoms with Crippen LogP contribution in [0.25, 0.3) is 0 Å². The Labute approximate surface area is 197 Å². The number of rotatable bonds is 3. The monoisotopic (exact) mass is 513 g/mol. The highest BCUT2D eigenvalue weighted by atomic mass is 19.4. The Bertz CT molecular complexity index is 877. The summed E-state index contributed by atoms with van der Waals surface area (Å²) in [5.41, 5.74) is 1.96. The molecule has 3 atom stereocenters. The molecule has 2 saturated heterocycles. The second kappa shape index (κ2) is 12.7. The summed E-state index contributed by atoms with van der Waals surface area (Å²) in [7, 11) is 4.28. The van der Waals surface area contributed by atoms with Crippen LogP contribution in [0.3, 0.4) is 0 Å². The number of aliphatic carboxylic acids is 2. The van der Waals surface area contributed by atoms with Crippen LogP contribution in [-0.4, -0.2) is 89.7 Å². The summed E-state index contributed by atoms with van der Waals surface area (Å²) >= 11 is 0. The molecule has 1 aromatic carbocycles. The number of alkyl halides is 6. The third-order valence-corrected chi connectivity index (χ3v) is 5.19. The first-order valence-corrected chi connectivity index (χ1v) is 10.2. The van der Waals surface area contributed by atoms with Gasteiger partial charge in [-0.1, -0.05) is 12.1 Å². The van der Waals surface area contributed by atoms with Gasteiger partial charge in [-0.2, -0.15) is 31.6 Å². The summed E-state index contributed by atoms with van der Waals surface area (Å²) in [6.07, 6.45) is -7.48. The Hall–Kier alpha value is -2.89. The van der Waals surface area contributed by atoms with E-state index in [2.05, 4.69) is 36.0 Å². The molecule has 0 radical (unpaired) electrons. The molecule has 0 aliphatic carbocycles. The molecule has 0 amide bonds. The molecule has 196 valence electrons. The van der Waals surface area contributed by atoms with E-state index in [0.29, 0.717) is 18.2 Å². The van der Waals surface area contributed by atoms with Gasteiger partial charge >= 0.3 is 24.3 Å². The fraction of sp³-hybridized carbons (Fsp3) is 0.571. The molecule has 0 unspecified atom stereocenters. The lowest BCUT2D eigenvalue weighted by Crippen LogP contribution is -2.45. The number of nitrogens with zero attached hydrogens (tertiary/aromatic N) is 3. The number of carboxylic acids is 2. The number of nitriles is 1. The van der Waals surface area contributed by atoms with Crippen LogP contribution in [0.5, 0.6) is 0 Å². The highest BCUT2D eigenvalue weighted by Gasteiger charge is 2.44. The zero-order valence-corrected chi connectivity index (χ0v) is 18.8. The maximum absolute atomic E-state index is 10.6. The molecule has 2 fully saturated rings. The van der Waals surface area contributed by atoms with Crippen molar-refractivity contribution in [3.63, 3.8) is 0 Å². The number of hydrogen-bond donors (Lipinski definition) is 2. The van der Waals surface area contributed by atoms with Gasteiger partial charge in [-0.25, -0.2) is 9.59 Å². The predicted molar refractivity (Wildman–Crippen MR) is 109 cm³/mol. The van der Waals surface area contributed by atoms with Crippen LogP contribution in [-0.2, 0) is 20.9 Å². The molecule has 0 spiro atoms. The molecule has 0 aromatic heterocycles. The molecule has 2 aliphatic heterocycles. The number of carboxylic acid groups (broad SMARTS) is 2. The van der Waals surface area contributed by atoms with Crippen molar-refractivity contribution in [1.29, 1.82) is 5.26 Å². The third kappa shape index (κ3) is 9.71. The lowest BCUT2D eigenvalue weighted by molar-refractivity contribution is -0.193. The number of carbonyl (C=O) groups is 2. The Morgan fingerprint density at radius 3 is 2.14 bits per heavy atom. The van der Waals surface area contributed by atoms with Crippen LogP contribution in [0.15, 0.2) is 24.3 Å². The number of ether oxygens (including phenoxy) is 1. The van der Waals surface area contributed by atoms with Gasteiger partial charge in [-0.3, -0.25) is 4.90 Å². The van der Waals surface area contributed by atoms with E-state index < -0.39 is 24.3 Å². The topological polar surface area (TPSA) is 114 Å². The van der Waals surface area contributed by atoms with Crippen molar-refractivity contribution in [3.8, 4) is 6.07 Å². The number of benzene rings is 1. The quantitative estimate of drug-likeness (QED) is 0.593. The van der Waals surface area contributed by atoms with Crippen molar-refractivity contribution in [1.82, 2.24) is 9.80 Å². The molecule has 2 aliphatic rings. The van der Waals surface area contributed by atoms with Crippen LogP contribution in [0.4, 0.5) is 26.3 Å². The Morgan fingerprint density at radius 2 is 1.69 bits per heavy atom. The normalized spacial score (nSPS) is 22.1. The fourth-order valence-electron chi connectivity index (χ4n) is 3.64. The number of fused-ring (bicyclic) bond motifs is 1. The van der Waals surface area contributed by atoms with Crippen molar-refractivity contribution in [2.24, 2.45) is 0 Å². The van der Waals surface area contributed by atoms with E-state index in [9.17, 15) is 26.3 Å². The van der Waals surface area contributed by atoms with Gasteiger partial charge in [0.2, 0.25) is 0 Å². The summed E-state index contributed by atoms with van der Waals surface area (Å²) in [5, 5.41) is 23.3. The highest BCUT2D eigenvalue weighted by Crippen LogP contribution is 2.32. The average Bonchev–Trinajstić information content (AvgIpc) is 3.12. The van der Waals surface area contributed by atoms with Crippen LogP contribution in [0.2, 0.25) is 0 Å². The first-order valence-electron chi connectivity index (χ1n) is 10.2. The first-order chi connectivity index (χ1) is 16.1. The van der Waals surface area contributed by atoms with E-state index in [4.69, 9.17) is 29.8 Å². The standard InChI is InChI=1S/C17H23N3O.2C2HF3O2/c1-19(2)16-12-20(15-7-4-8-21-17(15)16)11-14-6-3-5-13(9-14)10-18;2*3-2(4,5)1(6)7/h3,5-6,9,15-17H,4,7-8,11-12H2,1-2H3;2*(H,6,7)/t15-,16-,17+;;/m1../s1. The number of likely N-dealkylation sites (N-methyl/N-ethyl adjacent to an activating group) is 1. The summed E-state index contributed by atoms with van der Waals surface area (Å²) in [6, 6.07) is 11.2. The number of hydrogen-bond acceptors (Lipinski definition) is 6. The van der Waals surface area contributed by atoms with Gasteiger partial charge in [-0.05, 0) is 44.6 Å². The summed E-state index contributed by atoms with van der Waals surface area (Å²) < 4.78 is 69.5. The van der Waals surface area contributed by atoms with Crippen LogP contribution < -0.4 is 0 Å². The van der Waals surface area contributed by atoms with E-state index in [1.165, 1.54) is 12.0 Å². The van der Waals surface area contributed by atoms with E-state index >= 15 is 0 Å². The molecular formula is C21H25F6N3O5. The van der Waals surface area contributed by atoms with E-state index in [0.717, 1.165) is 31.7 Å². The van der Waals surface area contributed by atoms with Crippen molar-refractivity contribution >= 4 is 11.9 Å². The summed E-state index contributed by atoms with van der Waals surface area (Å²) in [5.74, 6) is -5.51. The molecular weight excluding hydrogens is 488 g/mol. The molecule has 3 rings (SSSR count). The summed E-state index contributed by atoms with van der Waals surface area (Å²) in [6.45, 7) is 2.84. The molecule has 8 nitrogen and oxygen atoms in total. The largest absolute Gasteiger partial charge is 0.490 e. The zero-order chi connectivity index (χ0) is 27.0. The maximum atomic E-state index is 10.6. The third-order valence-electron chi connectivity index (χ3n) is 5.19. The first kappa shape index (κ1) is 30.1. The smallest absolute Gasteiger partial charge is 0.475 e. The van der Waals surface area contributed by atoms with Gasteiger partial charge in [0.1, 0.15) is 0 Å². The molecule has 14 heteroatoms. The van der Waals surface area contributed by atoms with Gasteiger partial charge in [0.05, 0.1) is 17.7 Å². The second-order valence-electron chi connectivity index (χ2n) is 7.92. The second-order valence-corrected chi connectivity index (χ2v) is 7.92. The van der Waals surface area contributed by atoms with Crippen LogP contribution in [0, 0.1) is 11.3 Å². The van der Waals surface area contributed by atoms with Crippen molar-refractivity contribution in [3.05, 3.63) is 35.4 Å². The minimum atomic E-state index is -5.08. The molecule has 2 N–H and O–H groups in total. The van der Waals surface area contributed by atoms with Crippen molar-refractivity contribution in [2.45, 2.75) is 49.9 Å². The van der Waals surface area contributed by atoms with Gasteiger partial charge in [0, 0.05) is 31.8 Å². The van der Waals surface area contributed by atoms with Crippen LogP contribution in [0.1, 0.15) is 24.0 Å². The lowest BCUT2D eigenvalue weighted by atomic mass is 10.0. The number of halogens is 6. The molecule has 1 aromatic rings. The SMILES string of the molecule is CN(C)[C@@H]1CN(Cc2cccc(C#N)c2)[C@@H]2CCCO[C@H]12.O=C(O)C(F)(F)F.O=C(O)C(F)(F)F. The Kier molecular flexibility index (Phi) is 10.9. The molecule has 2 heterocycles. The molecule has 35 heavy (non-hydrogen) atoms. The maximum Gasteiger partial charge on any atom is 0.490 e. The van der Waals surface area contributed by atoms with E-state index in [-0.39, 0.29) is 0 Å².